The van der Waals surface area contributed by atoms with E-state index in [9.17, 15) is 27.1 Å². The number of aromatic amines is 1. The van der Waals surface area contributed by atoms with Crippen LogP contribution in [0.15, 0.2) is 75.2 Å². The Morgan fingerprint density at radius 3 is 2.34 bits per heavy atom. The summed E-state index contributed by atoms with van der Waals surface area (Å²) in [6.45, 7) is 3.58. The van der Waals surface area contributed by atoms with Crippen molar-refractivity contribution in [3.63, 3.8) is 0 Å². The van der Waals surface area contributed by atoms with Gasteiger partial charge in [0.25, 0.3) is 5.56 Å². The molecule has 2 aromatic carbocycles. The first-order valence-electron chi connectivity index (χ1n) is 12.0. The zero-order chi connectivity index (χ0) is 27.6. The molecule has 4 rings (SSSR count). The lowest BCUT2D eigenvalue weighted by Gasteiger charge is -2.25. The topological polar surface area (TPSA) is 103 Å². The normalized spacial score (nSPS) is 11.5. The largest absolute Gasteiger partial charge is 0.504 e. The van der Waals surface area contributed by atoms with E-state index >= 15 is 0 Å². The van der Waals surface area contributed by atoms with Crippen molar-refractivity contribution in [1.82, 2.24) is 9.97 Å². The molecule has 0 aliphatic carbocycles. The molecule has 2 heterocycles. The highest BCUT2D eigenvalue weighted by molar-refractivity contribution is 7.91. The fourth-order valence-electron chi connectivity index (χ4n) is 4.37. The molecule has 2 N–H and O–H groups in total. The standard InChI is InChI=1S/C28H27F2N3O4S/c1-4-5-9-22-25(33(3)23-10-7-6-8-21(23)29)26(34)27(28(35)32-22)38(36,37)19-13-11-18(12-14-19)20-15-16-24(30)31-17(20)2/h6-8,10-16H,4-5,9H2,1-3H3,(H2,32,34,35). The minimum absolute atomic E-state index is 0.00589. The van der Waals surface area contributed by atoms with E-state index in [4.69, 9.17) is 0 Å². The maximum absolute atomic E-state index is 14.6. The van der Waals surface area contributed by atoms with Crippen LogP contribution >= 0.6 is 0 Å². The number of pyridine rings is 2. The molecule has 0 saturated carbocycles. The van der Waals surface area contributed by atoms with E-state index < -0.39 is 37.8 Å². The van der Waals surface area contributed by atoms with E-state index in [-0.39, 0.29) is 16.3 Å². The Hall–Kier alpha value is -4.05. The third-order valence-electron chi connectivity index (χ3n) is 6.32. The van der Waals surface area contributed by atoms with Crippen LogP contribution in [0, 0.1) is 18.7 Å². The smallest absolute Gasteiger partial charge is 0.271 e. The first-order chi connectivity index (χ1) is 18.1. The molecule has 10 heteroatoms. The molecule has 0 aliphatic heterocycles. The van der Waals surface area contributed by atoms with Crippen LogP contribution in [-0.2, 0) is 16.3 Å². The number of H-pyrrole nitrogens is 1. The lowest BCUT2D eigenvalue weighted by atomic mass is 10.1. The Morgan fingerprint density at radius 2 is 1.71 bits per heavy atom. The van der Waals surface area contributed by atoms with Gasteiger partial charge >= 0.3 is 0 Å². The van der Waals surface area contributed by atoms with Crippen LogP contribution in [0.3, 0.4) is 0 Å². The van der Waals surface area contributed by atoms with Gasteiger partial charge in [-0.15, -0.1) is 0 Å². The van der Waals surface area contributed by atoms with Gasteiger partial charge in [0.1, 0.15) is 11.5 Å². The lowest BCUT2D eigenvalue weighted by Crippen LogP contribution is -2.24. The maximum Gasteiger partial charge on any atom is 0.271 e. The number of aryl methyl sites for hydroxylation is 2. The van der Waals surface area contributed by atoms with Crippen molar-refractivity contribution in [3.05, 3.63) is 94.2 Å². The van der Waals surface area contributed by atoms with E-state index in [2.05, 4.69) is 9.97 Å². The minimum Gasteiger partial charge on any atom is -0.504 e. The molecule has 0 bridgehead atoms. The van der Waals surface area contributed by atoms with Crippen LogP contribution in [0.25, 0.3) is 11.1 Å². The van der Waals surface area contributed by atoms with Gasteiger partial charge in [-0.3, -0.25) is 4.79 Å². The lowest BCUT2D eigenvalue weighted by molar-refractivity contribution is 0.455. The second-order valence-electron chi connectivity index (χ2n) is 8.87. The number of hydrogen-bond donors (Lipinski definition) is 2. The summed E-state index contributed by atoms with van der Waals surface area (Å²) in [7, 11) is -3.00. The number of anilines is 2. The van der Waals surface area contributed by atoms with Gasteiger partial charge < -0.3 is 15.0 Å². The van der Waals surface area contributed by atoms with Crippen molar-refractivity contribution in [2.45, 2.75) is 42.9 Å². The highest BCUT2D eigenvalue weighted by Crippen LogP contribution is 2.40. The minimum atomic E-state index is -4.49. The van der Waals surface area contributed by atoms with E-state index in [1.54, 1.807) is 13.0 Å². The van der Waals surface area contributed by atoms with E-state index in [0.29, 0.717) is 35.4 Å². The van der Waals surface area contributed by atoms with Gasteiger partial charge in [-0.25, -0.2) is 17.8 Å². The molecule has 0 atom stereocenters. The average molecular weight is 540 g/mol. The molecule has 0 amide bonds. The monoisotopic (exact) mass is 539 g/mol. The number of nitrogens with one attached hydrogen (secondary N) is 1. The zero-order valence-corrected chi connectivity index (χ0v) is 21.9. The fraction of sp³-hybridized carbons (Fsp3) is 0.214. The van der Waals surface area contributed by atoms with Crippen LogP contribution in [0.5, 0.6) is 5.75 Å². The predicted octanol–water partition coefficient (Wildman–Crippen LogP) is 5.67. The molecule has 7 nitrogen and oxygen atoms in total. The highest BCUT2D eigenvalue weighted by atomic mass is 32.2. The van der Waals surface area contributed by atoms with Gasteiger partial charge in [0.2, 0.25) is 15.8 Å². The molecule has 0 fully saturated rings. The number of rotatable bonds is 8. The van der Waals surface area contributed by atoms with Crippen LogP contribution < -0.4 is 10.5 Å². The maximum atomic E-state index is 14.6. The summed E-state index contributed by atoms with van der Waals surface area (Å²) in [6.07, 6.45) is 1.77. The van der Waals surface area contributed by atoms with Crippen LogP contribution in [0.1, 0.15) is 31.2 Å². The van der Waals surface area contributed by atoms with Gasteiger partial charge in [0, 0.05) is 24.0 Å². The van der Waals surface area contributed by atoms with Gasteiger partial charge in [-0.05, 0) is 61.7 Å². The highest BCUT2D eigenvalue weighted by Gasteiger charge is 2.31. The number of benzene rings is 2. The Balaban J connectivity index is 1.84. The Labute approximate surface area is 219 Å². The molecule has 0 unspecified atom stereocenters. The average Bonchev–Trinajstić information content (AvgIpc) is 2.87. The Kier molecular flexibility index (Phi) is 7.63. The van der Waals surface area contributed by atoms with Crippen molar-refractivity contribution in [1.29, 1.82) is 0 Å². The molecular formula is C28H27F2N3O4S. The zero-order valence-electron chi connectivity index (χ0n) is 21.1. The molecule has 0 radical (unpaired) electrons. The van der Waals surface area contributed by atoms with Gasteiger partial charge in [-0.1, -0.05) is 37.6 Å². The van der Waals surface area contributed by atoms with E-state index in [1.807, 2.05) is 6.92 Å². The van der Waals surface area contributed by atoms with Gasteiger partial charge in [0.05, 0.1) is 10.6 Å². The molecule has 198 valence electrons. The molecule has 2 aromatic heterocycles. The number of aromatic hydroxyl groups is 1. The summed E-state index contributed by atoms with van der Waals surface area (Å²) >= 11 is 0. The first-order valence-corrected chi connectivity index (χ1v) is 13.5. The first kappa shape index (κ1) is 27.0. The Morgan fingerprint density at radius 1 is 1.03 bits per heavy atom. The van der Waals surface area contributed by atoms with Crippen LogP contribution in [0.4, 0.5) is 20.2 Å². The van der Waals surface area contributed by atoms with Crippen LogP contribution in [0.2, 0.25) is 0 Å². The summed E-state index contributed by atoms with van der Waals surface area (Å²) < 4.78 is 55.2. The molecule has 4 aromatic rings. The molecule has 0 saturated heterocycles. The number of hydrogen-bond acceptors (Lipinski definition) is 6. The third kappa shape index (κ3) is 5.04. The number of para-hydroxylation sites is 1. The number of halogens is 2. The van der Waals surface area contributed by atoms with Crippen molar-refractivity contribution >= 4 is 21.2 Å². The van der Waals surface area contributed by atoms with Gasteiger partial charge in [-0.2, -0.15) is 4.39 Å². The summed E-state index contributed by atoms with van der Waals surface area (Å²) in [5.41, 5.74) is 1.08. The molecule has 0 aliphatic rings. The molecule has 38 heavy (non-hydrogen) atoms. The molecule has 0 spiro atoms. The predicted molar refractivity (Wildman–Crippen MR) is 142 cm³/mol. The summed E-state index contributed by atoms with van der Waals surface area (Å²) in [5.74, 6) is -1.96. The summed E-state index contributed by atoms with van der Waals surface area (Å²) in [4.78, 5) is 19.7. The summed E-state index contributed by atoms with van der Waals surface area (Å²) in [6, 6.07) is 14.2. The van der Waals surface area contributed by atoms with Crippen molar-refractivity contribution in [2.24, 2.45) is 0 Å². The van der Waals surface area contributed by atoms with Gasteiger partial charge in [0.15, 0.2) is 10.6 Å². The number of nitrogens with zero attached hydrogens (tertiary/aromatic N) is 2. The second kappa shape index (κ2) is 10.7. The number of unbranched alkanes of at least 4 members (excludes halogenated alkanes) is 1. The third-order valence-corrected chi connectivity index (χ3v) is 8.13. The number of aromatic nitrogens is 2. The van der Waals surface area contributed by atoms with Crippen molar-refractivity contribution in [2.75, 3.05) is 11.9 Å². The second-order valence-corrected chi connectivity index (χ2v) is 10.8. The van der Waals surface area contributed by atoms with Crippen molar-refractivity contribution in [3.8, 4) is 16.9 Å². The molecular weight excluding hydrogens is 512 g/mol. The SMILES string of the molecule is CCCCc1[nH]c(=O)c(S(=O)(=O)c2ccc(-c3ccc(F)nc3C)cc2)c(O)c1N(C)c1ccccc1F. The van der Waals surface area contributed by atoms with E-state index in [0.717, 1.165) is 6.42 Å². The van der Waals surface area contributed by atoms with Crippen LogP contribution in [-0.4, -0.2) is 30.5 Å². The van der Waals surface area contributed by atoms with E-state index in [1.165, 1.54) is 66.5 Å². The Bertz CT molecular complexity index is 1650. The number of sulfone groups is 1. The summed E-state index contributed by atoms with van der Waals surface area (Å²) in [5, 5.41) is 11.3. The fourth-order valence-corrected chi connectivity index (χ4v) is 5.74. The quantitative estimate of drug-likeness (QED) is 0.280. The van der Waals surface area contributed by atoms with Crippen molar-refractivity contribution < 1.29 is 22.3 Å².